The number of nitrogens with one attached hydrogen (secondary N) is 1. The molecule has 30 heavy (non-hydrogen) atoms. The van der Waals surface area contributed by atoms with Crippen molar-refractivity contribution in [1.29, 1.82) is 0 Å². The fourth-order valence-corrected chi connectivity index (χ4v) is 2.94. The number of amides is 2. The first kappa shape index (κ1) is 23.3. The maximum atomic E-state index is 12.7. The number of carbonyl (C=O) groups excluding carboxylic acids is 2. The molecule has 2 rings (SSSR count). The van der Waals surface area contributed by atoms with Crippen LogP contribution in [0, 0.1) is 6.92 Å². The van der Waals surface area contributed by atoms with E-state index in [1.54, 1.807) is 20.8 Å². The van der Waals surface area contributed by atoms with E-state index >= 15 is 0 Å². The molecular weight excluding hydrogens is 454 g/mol. The fourth-order valence-electron chi connectivity index (χ4n) is 2.61. The van der Waals surface area contributed by atoms with Crippen LogP contribution in [0.3, 0.4) is 0 Å². The van der Waals surface area contributed by atoms with Crippen molar-refractivity contribution >= 4 is 39.6 Å². The Labute approximate surface area is 183 Å². The lowest BCUT2D eigenvalue weighted by Gasteiger charge is -2.27. The third-order valence-electron chi connectivity index (χ3n) is 3.77. The molecule has 0 radical (unpaired) electrons. The fraction of sp³-hybridized carbons (Fsp3) is 0.333. The van der Waals surface area contributed by atoms with Crippen LogP contribution in [0.4, 0.5) is 10.5 Å². The van der Waals surface area contributed by atoms with Gasteiger partial charge in [0.05, 0.1) is 5.69 Å². The highest BCUT2D eigenvalue weighted by atomic mass is 79.9. The van der Waals surface area contributed by atoms with Gasteiger partial charge in [0.2, 0.25) is 5.91 Å². The van der Waals surface area contributed by atoms with Crippen molar-refractivity contribution in [2.24, 2.45) is 0 Å². The summed E-state index contributed by atoms with van der Waals surface area (Å²) in [5.41, 5.74) is 0.857. The second-order valence-corrected chi connectivity index (χ2v) is 8.64. The van der Waals surface area contributed by atoms with Crippen LogP contribution in [-0.2, 0) is 16.1 Å². The van der Waals surface area contributed by atoms with Gasteiger partial charge in [0.1, 0.15) is 12.1 Å². The monoisotopic (exact) mass is 477 g/mol. The van der Waals surface area contributed by atoms with Gasteiger partial charge in [0, 0.05) is 17.2 Å². The minimum atomic E-state index is -1.28. The van der Waals surface area contributed by atoms with Gasteiger partial charge in [-0.15, -0.1) is 0 Å². The standard InChI is InChI=1S/C21H24BrN3O5/c1-13-6-5-7-14(8-13)11-25(20(29)30-21(2,3)4)12-17(26)24-16-9-15(22)10-23-18(16)19(27)28/h5-10H,11-12H2,1-4H3,(H,24,26)(H,27,28). The molecule has 0 saturated heterocycles. The lowest BCUT2D eigenvalue weighted by atomic mass is 10.1. The molecule has 8 nitrogen and oxygen atoms in total. The average molecular weight is 478 g/mol. The molecule has 2 amide bonds. The summed E-state index contributed by atoms with van der Waals surface area (Å²) in [4.78, 5) is 41.7. The van der Waals surface area contributed by atoms with Crippen molar-refractivity contribution in [3.8, 4) is 0 Å². The highest BCUT2D eigenvalue weighted by Gasteiger charge is 2.25. The molecule has 0 aliphatic heterocycles. The number of carboxylic acids is 1. The Balaban J connectivity index is 2.22. The van der Waals surface area contributed by atoms with Crippen molar-refractivity contribution < 1.29 is 24.2 Å². The number of aromatic carboxylic acids is 1. The first-order valence-electron chi connectivity index (χ1n) is 9.17. The first-order chi connectivity index (χ1) is 13.9. The third kappa shape index (κ3) is 7.14. The van der Waals surface area contributed by atoms with Crippen molar-refractivity contribution in [1.82, 2.24) is 9.88 Å². The molecule has 0 fully saturated rings. The molecule has 0 saturated carbocycles. The summed E-state index contributed by atoms with van der Waals surface area (Å²) in [5.74, 6) is -1.85. The van der Waals surface area contributed by atoms with E-state index in [4.69, 9.17) is 4.74 Å². The van der Waals surface area contributed by atoms with Crippen LogP contribution in [0.1, 0.15) is 42.4 Å². The zero-order valence-corrected chi connectivity index (χ0v) is 18.8. The molecule has 9 heteroatoms. The first-order valence-corrected chi connectivity index (χ1v) is 9.96. The number of aryl methyl sites for hydroxylation is 1. The van der Waals surface area contributed by atoms with Crippen molar-refractivity contribution in [3.63, 3.8) is 0 Å². The normalized spacial score (nSPS) is 11.0. The summed E-state index contributed by atoms with van der Waals surface area (Å²) >= 11 is 3.20. The van der Waals surface area contributed by atoms with Crippen LogP contribution in [0.25, 0.3) is 0 Å². The number of nitrogens with zero attached hydrogens (tertiary/aromatic N) is 2. The van der Waals surface area contributed by atoms with E-state index in [0.717, 1.165) is 11.1 Å². The molecule has 0 unspecified atom stereocenters. The smallest absolute Gasteiger partial charge is 0.411 e. The Bertz CT molecular complexity index is 956. The summed E-state index contributed by atoms with van der Waals surface area (Å²) in [6.45, 7) is 6.98. The average Bonchev–Trinajstić information content (AvgIpc) is 2.59. The molecule has 0 bridgehead atoms. The minimum absolute atomic E-state index is 0.0292. The number of carbonyl (C=O) groups is 3. The zero-order chi connectivity index (χ0) is 22.5. The molecule has 1 aromatic heterocycles. The molecule has 0 aliphatic rings. The number of hydrogen-bond donors (Lipinski definition) is 2. The minimum Gasteiger partial charge on any atom is -0.476 e. The summed E-state index contributed by atoms with van der Waals surface area (Å²) < 4.78 is 5.93. The number of anilines is 1. The Morgan fingerprint density at radius 3 is 2.53 bits per heavy atom. The van der Waals surface area contributed by atoms with Gasteiger partial charge in [-0.25, -0.2) is 14.6 Å². The molecule has 0 spiro atoms. The summed E-state index contributed by atoms with van der Waals surface area (Å²) in [6, 6.07) is 9.00. The van der Waals surface area contributed by atoms with Crippen molar-refractivity contribution in [2.75, 3.05) is 11.9 Å². The van der Waals surface area contributed by atoms with Gasteiger partial charge in [0.15, 0.2) is 5.69 Å². The number of ether oxygens (including phenoxy) is 1. The lowest BCUT2D eigenvalue weighted by molar-refractivity contribution is -0.117. The Hall–Kier alpha value is -2.94. The van der Waals surface area contributed by atoms with E-state index in [9.17, 15) is 19.5 Å². The Kier molecular flexibility index (Phi) is 7.55. The van der Waals surface area contributed by atoms with Gasteiger partial charge in [0.25, 0.3) is 0 Å². The molecule has 160 valence electrons. The highest BCUT2D eigenvalue weighted by Crippen LogP contribution is 2.20. The van der Waals surface area contributed by atoms with Crippen molar-refractivity contribution in [3.05, 3.63) is 57.8 Å². The van der Waals surface area contributed by atoms with Crippen LogP contribution in [0.15, 0.2) is 41.0 Å². The van der Waals surface area contributed by atoms with Gasteiger partial charge in [-0.1, -0.05) is 29.8 Å². The van der Waals surface area contributed by atoms with Crippen LogP contribution in [0.2, 0.25) is 0 Å². The molecular formula is C21H24BrN3O5. The summed E-state index contributed by atoms with van der Waals surface area (Å²) in [6.07, 6.45) is 0.675. The molecule has 1 heterocycles. The number of rotatable bonds is 6. The predicted octanol–water partition coefficient (Wildman–Crippen LogP) is 4.23. The molecule has 2 N–H and O–H groups in total. The van der Waals surface area contributed by atoms with Crippen molar-refractivity contribution in [2.45, 2.75) is 39.8 Å². The number of hydrogen-bond acceptors (Lipinski definition) is 5. The van der Waals surface area contributed by atoms with Gasteiger partial charge in [-0.2, -0.15) is 0 Å². The number of aromatic nitrogens is 1. The van der Waals surface area contributed by atoms with E-state index < -0.39 is 23.6 Å². The quantitative estimate of drug-likeness (QED) is 0.644. The predicted molar refractivity (Wildman–Crippen MR) is 115 cm³/mol. The number of pyridine rings is 1. The number of carboxylic acid groups (broad SMARTS) is 1. The third-order valence-corrected chi connectivity index (χ3v) is 4.21. The molecule has 0 aliphatic carbocycles. The Morgan fingerprint density at radius 2 is 1.93 bits per heavy atom. The molecule has 0 atom stereocenters. The van der Waals surface area contributed by atoms with Gasteiger partial charge >= 0.3 is 12.1 Å². The van der Waals surface area contributed by atoms with E-state index in [0.29, 0.717) is 4.47 Å². The molecule has 1 aromatic carbocycles. The largest absolute Gasteiger partial charge is 0.476 e. The molecule has 2 aromatic rings. The highest BCUT2D eigenvalue weighted by molar-refractivity contribution is 9.10. The van der Waals surface area contributed by atoms with Crippen LogP contribution >= 0.6 is 15.9 Å². The van der Waals surface area contributed by atoms with Gasteiger partial charge in [-0.3, -0.25) is 9.69 Å². The zero-order valence-electron chi connectivity index (χ0n) is 17.2. The van der Waals surface area contributed by atoms with E-state index in [1.807, 2.05) is 31.2 Å². The van der Waals surface area contributed by atoms with Crippen LogP contribution in [-0.4, -0.2) is 45.1 Å². The van der Waals surface area contributed by atoms with E-state index in [-0.39, 0.29) is 24.5 Å². The number of benzene rings is 1. The lowest BCUT2D eigenvalue weighted by Crippen LogP contribution is -2.41. The van der Waals surface area contributed by atoms with E-state index in [2.05, 4.69) is 26.2 Å². The van der Waals surface area contributed by atoms with Crippen LogP contribution in [0.5, 0.6) is 0 Å². The Morgan fingerprint density at radius 1 is 1.23 bits per heavy atom. The second-order valence-electron chi connectivity index (χ2n) is 7.73. The summed E-state index contributed by atoms with van der Waals surface area (Å²) in [7, 11) is 0. The SMILES string of the molecule is Cc1cccc(CN(CC(=O)Nc2cc(Br)cnc2C(=O)O)C(=O)OC(C)(C)C)c1. The second kappa shape index (κ2) is 9.71. The maximum Gasteiger partial charge on any atom is 0.411 e. The van der Waals surface area contributed by atoms with Gasteiger partial charge in [-0.05, 0) is 55.3 Å². The van der Waals surface area contributed by atoms with Crippen LogP contribution < -0.4 is 5.32 Å². The number of halogens is 1. The van der Waals surface area contributed by atoms with Gasteiger partial charge < -0.3 is 15.2 Å². The maximum absolute atomic E-state index is 12.7. The topological polar surface area (TPSA) is 109 Å². The van der Waals surface area contributed by atoms with E-state index in [1.165, 1.54) is 17.2 Å². The summed E-state index contributed by atoms with van der Waals surface area (Å²) in [5, 5.41) is 11.8.